The molecule has 0 aliphatic rings. The Bertz CT molecular complexity index is 477. The molecule has 0 spiro atoms. The standard InChI is InChI=1S/C10H16N6S/c1-4-11-9(10-7(3)13-15-17-10)8-6-12-14-16(8)5-2/h6,9,11H,4-5H2,1-3H3. The molecule has 0 aromatic carbocycles. The Balaban J connectivity index is 2.39. The molecule has 17 heavy (non-hydrogen) atoms. The second kappa shape index (κ2) is 5.33. The van der Waals surface area contributed by atoms with Crippen LogP contribution in [0, 0.1) is 6.92 Å². The van der Waals surface area contributed by atoms with Crippen LogP contribution >= 0.6 is 11.5 Å². The number of nitrogens with zero attached hydrogens (tertiary/aromatic N) is 5. The summed E-state index contributed by atoms with van der Waals surface area (Å²) in [6.07, 6.45) is 1.80. The highest BCUT2D eigenvalue weighted by molar-refractivity contribution is 7.05. The lowest BCUT2D eigenvalue weighted by atomic mass is 10.1. The molecule has 0 aliphatic heterocycles. The fourth-order valence-electron chi connectivity index (χ4n) is 1.77. The van der Waals surface area contributed by atoms with E-state index in [0.29, 0.717) is 0 Å². The van der Waals surface area contributed by atoms with Gasteiger partial charge in [0.2, 0.25) is 0 Å². The molecule has 0 saturated heterocycles. The maximum Gasteiger partial charge on any atom is 0.0893 e. The van der Waals surface area contributed by atoms with Gasteiger partial charge in [0.25, 0.3) is 0 Å². The van der Waals surface area contributed by atoms with E-state index in [2.05, 4.69) is 39.1 Å². The molecule has 1 atom stereocenters. The molecule has 0 radical (unpaired) electrons. The molecule has 0 bridgehead atoms. The Hall–Kier alpha value is -1.34. The van der Waals surface area contributed by atoms with Crippen LogP contribution in [0.1, 0.15) is 36.2 Å². The van der Waals surface area contributed by atoms with Gasteiger partial charge in [-0.15, -0.1) is 10.2 Å². The van der Waals surface area contributed by atoms with E-state index >= 15 is 0 Å². The molecule has 1 N–H and O–H groups in total. The van der Waals surface area contributed by atoms with Crippen LogP contribution in [0.5, 0.6) is 0 Å². The first-order valence-corrected chi connectivity index (χ1v) is 6.45. The van der Waals surface area contributed by atoms with E-state index in [4.69, 9.17) is 0 Å². The first kappa shape index (κ1) is 12.1. The fraction of sp³-hybridized carbons (Fsp3) is 0.600. The molecule has 0 saturated carbocycles. The van der Waals surface area contributed by atoms with E-state index in [1.807, 2.05) is 11.6 Å². The van der Waals surface area contributed by atoms with Crippen molar-refractivity contribution >= 4 is 11.5 Å². The summed E-state index contributed by atoms with van der Waals surface area (Å²) in [7, 11) is 0. The predicted molar refractivity (Wildman–Crippen MR) is 65.9 cm³/mol. The van der Waals surface area contributed by atoms with Crippen molar-refractivity contribution in [3.05, 3.63) is 22.5 Å². The molecule has 0 amide bonds. The lowest BCUT2D eigenvalue weighted by Gasteiger charge is -2.16. The van der Waals surface area contributed by atoms with Crippen LogP contribution in [0.25, 0.3) is 0 Å². The minimum atomic E-state index is 0.0787. The summed E-state index contributed by atoms with van der Waals surface area (Å²) < 4.78 is 5.89. The topological polar surface area (TPSA) is 68.5 Å². The molecule has 2 aromatic heterocycles. The molecular weight excluding hydrogens is 236 g/mol. The number of aromatic nitrogens is 5. The smallest absolute Gasteiger partial charge is 0.0893 e. The second-order valence-electron chi connectivity index (χ2n) is 3.69. The molecule has 1 unspecified atom stereocenters. The van der Waals surface area contributed by atoms with E-state index in [1.165, 1.54) is 11.5 Å². The monoisotopic (exact) mass is 252 g/mol. The Morgan fingerprint density at radius 2 is 2.29 bits per heavy atom. The summed E-state index contributed by atoms with van der Waals surface area (Å²) in [4.78, 5) is 1.13. The van der Waals surface area contributed by atoms with Gasteiger partial charge in [-0.05, 0) is 31.9 Å². The molecule has 2 aromatic rings. The number of aryl methyl sites for hydroxylation is 2. The third kappa shape index (κ3) is 2.34. The summed E-state index contributed by atoms with van der Waals surface area (Å²) >= 11 is 1.42. The summed E-state index contributed by atoms with van der Waals surface area (Å²) in [5.74, 6) is 0. The highest BCUT2D eigenvalue weighted by Gasteiger charge is 2.22. The van der Waals surface area contributed by atoms with E-state index in [9.17, 15) is 0 Å². The van der Waals surface area contributed by atoms with Gasteiger partial charge in [-0.25, -0.2) is 4.68 Å². The second-order valence-corrected chi connectivity index (χ2v) is 4.47. The van der Waals surface area contributed by atoms with Gasteiger partial charge < -0.3 is 5.32 Å². The Kier molecular flexibility index (Phi) is 3.80. The SMILES string of the molecule is CCNC(c1snnc1C)c1cnnn1CC. The lowest BCUT2D eigenvalue weighted by Crippen LogP contribution is -2.24. The van der Waals surface area contributed by atoms with Crippen LogP contribution in [-0.4, -0.2) is 31.1 Å². The lowest BCUT2D eigenvalue weighted by molar-refractivity contribution is 0.537. The zero-order chi connectivity index (χ0) is 12.3. The molecule has 0 fully saturated rings. The van der Waals surface area contributed by atoms with Crippen LogP contribution in [0.4, 0.5) is 0 Å². The van der Waals surface area contributed by atoms with Crippen LogP contribution in [0.15, 0.2) is 6.20 Å². The molecule has 7 heteroatoms. The Morgan fingerprint density at radius 3 is 2.88 bits per heavy atom. The van der Waals surface area contributed by atoms with Crippen LogP contribution < -0.4 is 5.32 Å². The van der Waals surface area contributed by atoms with Crippen molar-refractivity contribution in [1.29, 1.82) is 0 Å². The number of hydrogen-bond donors (Lipinski definition) is 1. The van der Waals surface area contributed by atoms with Crippen molar-refractivity contribution in [2.75, 3.05) is 6.54 Å². The molecule has 0 aliphatic carbocycles. The van der Waals surface area contributed by atoms with E-state index < -0.39 is 0 Å². The van der Waals surface area contributed by atoms with E-state index in [0.717, 1.165) is 29.4 Å². The van der Waals surface area contributed by atoms with Gasteiger partial charge in [0.1, 0.15) is 0 Å². The number of nitrogens with one attached hydrogen (secondary N) is 1. The van der Waals surface area contributed by atoms with Crippen molar-refractivity contribution in [3.63, 3.8) is 0 Å². The highest BCUT2D eigenvalue weighted by Crippen LogP contribution is 2.25. The number of hydrogen-bond acceptors (Lipinski definition) is 6. The van der Waals surface area contributed by atoms with Gasteiger partial charge in [0.05, 0.1) is 28.5 Å². The Labute approximate surface area is 104 Å². The van der Waals surface area contributed by atoms with Gasteiger partial charge in [0, 0.05) is 6.54 Å². The van der Waals surface area contributed by atoms with Crippen LogP contribution in [0.3, 0.4) is 0 Å². The van der Waals surface area contributed by atoms with Gasteiger partial charge in [-0.2, -0.15) is 0 Å². The minimum Gasteiger partial charge on any atom is -0.304 e. The summed E-state index contributed by atoms with van der Waals surface area (Å²) in [6.45, 7) is 7.79. The third-order valence-corrected chi connectivity index (χ3v) is 3.49. The van der Waals surface area contributed by atoms with Crippen LogP contribution in [0.2, 0.25) is 0 Å². The summed E-state index contributed by atoms with van der Waals surface area (Å²) in [5.41, 5.74) is 2.02. The normalized spacial score (nSPS) is 12.9. The first-order chi connectivity index (χ1) is 8.27. The zero-order valence-electron chi connectivity index (χ0n) is 10.2. The quantitative estimate of drug-likeness (QED) is 0.864. The van der Waals surface area contributed by atoms with Gasteiger partial charge in [-0.1, -0.05) is 16.6 Å². The minimum absolute atomic E-state index is 0.0787. The van der Waals surface area contributed by atoms with Gasteiger partial charge in [-0.3, -0.25) is 0 Å². The molecule has 2 rings (SSSR count). The van der Waals surface area contributed by atoms with Crippen molar-refractivity contribution in [3.8, 4) is 0 Å². The summed E-state index contributed by atoms with van der Waals surface area (Å²) in [6, 6.07) is 0.0787. The molecule has 92 valence electrons. The van der Waals surface area contributed by atoms with Crippen LogP contribution in [-0.2, 0) is 6.54 Å². The fourth-order valence-corrected chi connectivity index (χ4v) is 2.51. The van der Waals surface area contributed by atoms with E-state index in [-0.39, 0.29) is 6.04 Å². The first-order valence-electron chi connectivity index (χ1n) is 5.68. The maximum absolute atomic E-state index is 4.07. The number of rotatable bonds is 5. The zero-order valence-corrected chi connectivity index (χ0v) is 11.0. The molecule has 6 nitrogen and oxygen atoms in total. The Morgan fingerprint density at radius 1 is 1.47 bits per heavy atom. The average molecular weight is 252 g/mol. The third-order valence-electron chi connectivity index (χ3n) is 2.60. The van der Waals surface area contributed by atoms with Gasteiger partial charge in [0.15, 0.2) is 0 Å². The summed E-state index contributed by atoms with van der Waals surface area (Å²) in [5, 5.41) is 15.5. The van der Waals surface area contributed by atoms with E-state index in [1.54, 1.807) is 6.20 Å². The van der Waals surface area contributed by atoms with Crippen molar-refractivity contribution in [2.45, 2.75) is 33.4 Å². The van der Waals surface area contributed by atoms with Gasteiger partial charge >= 0.3 is 0 Å². The average Bonchev–Trinajstić information content (AvgIpc) is 2.94. The van der Waals surface area contributed by atoms with Crippen molar-refractivity contribution in [2.24, 2.45) is 0 Å². The maximum atomic E-state index is 4.07. The largest absolute Gasteiger partial charge is 0.304 e. The van der Waals surface area contributed by atoms with Crippen molar-refractivity contribution in [1.82, 2.24) is 29.9 Å². The highest BCUT2D eigenvalue weighted by atomic mass is 32.1. The predicted octanol–water partition coefficient (Wildman–Crippen LogP) is 1.16. The molecular formula is C10H16N6S. The molecule has 2 heterocycles. The van der Waals surface area contributed by atoms with Crippen molar-refractivity contribution < 1.29 is 0 Å².